The minimum atomic E-state index is -1.90. The lowest BCUT2D eigenvalue weighted by Crippen LogP contribution is -2.62. The van der Waals surface area contributed by atoms with Gasteiger partial charge in [0.05, 0.1) is 30.5 Å². The summed E-state index contributed by atoms with van der Waals surface area (Å²) in [4.78, 5) is 12.8. The highest BCUT2D eigenvalue weighted by atomic mass is 16.8. The van der Waals surface area contributed by atoms with E-state index in [-0.39, 0.29) is 12.0 Å². The quantitative estimate of drug-likeness (QED) is 0.275. The van der Waals surface area contributed by atoms with Crippen molar-refractivity contribution in [3.63, 3.8) is 0 Å². The highest BCUT2D eigenvalue weighted by Crippen LogP contribution is 2.51. The summed E-state index contributed by atoms with van der Waals surface area (Å²) in [6.45, 7) is 0.862. The molecule has 0 spiro atoms. The van der Waals surface area contributed by atoms with E-state index in [0.29, 0.717) is 0 Å². The zero-order valence-corrected chi connectivity index (χ0v) is 17.8. The molecule has 11 heteroatoms. The van der Waals surface area contributed by atoms with E-state index in [1.165, 1.54) is 13.0 Å². The van der Waals surface area contributed by atoms with Crippen molar-refractivity contribution in [1.82, 2.24) is 0 Å². The van der Waals surface area contributed by atoms with Crippen LogP contribution >= 0.6 is 0 Å². The van der Waals surface area contributed by atoms with E-state index in [4.69, 9.17) is 18.9 Å². The molecule has 2 fully saturated rings. The smallest absolute Gasteiger partial charge is 0.338 e. The number of carbonyl (C=O) groups excluding carboxylic acids is 1. The lowest BCUT2D eigenvalue weighted by atomic mass is 9.81. The number of fused-ring (bicyclic) bond motifs is 1. The van der Waals surface area contributed by atoms with E-state index in [1.807, 2.05) is 0 Å². The highest BCUT2D eigenvalue weighted by molar-refractivity contribution is 5.89. The molecule has 2 heterocycles. The minimum Gasteiger partial charge on any atom is -0.472 e. The largest absolute Gasteiger partial charge is 0.472 e. The van der Waals surface area contributed by atoms with Crippen LogP contribution in [-0.4, -0.2) is 97.5 Å². The Kier molecular flexibility index (Phi) is 6.51. The summed E-state index contributed by atoms with van der Waals surface area (Å²) in [5.74, 6) is -1.85. The maximum absolute atomic E-state index is 12.8. The molecule has 6 N–H and O–H groups in total. The fourth-order valence-electron chi connectivity index (χ4n) is 4.77. The summed E-state index contributed by atoms with van der Waals surface area (Å²) < 4.78 is 22.3. The van der Waals surface area contributed by atoms with Gasteiger partial charge in [0, 0.05) is 6.42 Å². The minimum absolute atomic E-state index is 0.144. The molecule has 1 saturated carbocycles. The van der Waals surface area contributed by atoms with Crippen molar-refractivity contribution in [3.8, 4) is 0 Å². The first-order valence-electron chi connectivity index (χ1n) is 10.6. The Morgan fingerprint density at radius 2 is 1.79 bits per heavy atom. The third-order valence-electron chi connectivity index (χ3n) is 6.56. The van der Waals surface area contributed by atoms with E-state index in [9.17, 15) is 35.4 Å². The van der Waals surface area contributed by atoms with Crippen LogP contribution in [0.15, 0.2) is 42.7 Å². The Bertz CT molecular complexity index is 876. The van der Waals surface area contributed by atoms with Crippen molar-refractivity contribution in [2.45, 2.75) is 67.6 Å². The first kappa shape index (κ1) is 24.0. The number of aliphatic hydroxyl groups excluding tert-OH is 5. The fraction of sp³-hybridized carbons (Fsp3) is 0.591. The Hall–Kier alpha value is -2.09. The van der Waals surface area contributed by atoms with Gasteiger partial charge < -0.3 is 49.6 Å². The van der Waals surface area contributed by atoms with Crippen molar-refractivity contribution in [3.05, 3.63) is 48.2 Å². The molecule has 182 valence electrons. The molecule has 1 aromatic rings. The molecule has 10 atom stereocenters. The normalized spacial score (nSPS) is 44.7. The monoisotopic (exact) mass is 468 g/mol. The summed E-state index contributed by atoms with van der Waals surface area (Å²) in [6.07, 6.45) is -8.30. The van der Waals surface area contributed by atoms with Gasteiger partial charge in [0.2, 0.25) is 6.29 Å². The third-order valence-corrected chi connectivity index (χ3v) is 6.56. The molecular weight excluding hydrogens is 440 g/mol. The van der Waals surface area contributed by atoms with Gasteiger partial charge in [-0.3, -0.25) is 0 Å². The SMILES string of the molecule is CC1(OC(=O)c2ccccc2)CC(O)C2(O)C=COC(OC3OC(CO)C(O)C(O)C3O)C12. The zero-order chi connectivity index (χ0) is 24.0. The first-order chi connectivity index (χ1) is 15.6. The van der Waals surface area contributed by atoms with E-state index >= 15 is 0 Å². The van der Waals surface area contributed by atoms with Crippen molar-refractivity contribution in [1.29, 1.82) is 0 Å². The van der Waals surface area contributed by atoms with Gasteiger partial charge in [0.25, 0.3) is 0 Å². The predicted octanol–water partition coefficient (Wildman–Crippen LogP) is -1.60. The second-order valence-corrected chi connectivity index (χ2v) is 8.79. The molecule has 10 unspecified atom stereocenters. The Balaban J connectivity index is 1.60. The fourth-order valence-corrected chi connectivity index (χ4v) is 4.77. The number of benzene rings is 1. The summed E-state index contributed by atoms with van der Waals surface area (Å²) in [6, 6.07) is 8.18. The lowest BCUT2D eigenvalue weighted by Gasteiger charge is -2.46. The average Bonchev–Trinajstić information content (AvgIpc) is 3.00. The summed E-state index contributed by atoms with van der Waals surface area (Å²) in [5.41, 5.74) is -3.10. The molecule has 1 saturated heterocycles. The van der Waals surface area contributed by atoms with Gasteiger partial charge >= 0.3 is 5.97 Å². The molecule has 0 aromatic heterocycles. The molecule has 3 aliphatic rings. The van der Waals surface area contributed by atoms with Crippen LogP contribution in [0.2, 0.25) is 0 Å². The van der Waals surface area contributed by atoms with Gasteiger partial charge in [0.1, 0.15) is 35.6 Å². The second-order valence-electron chi connectivity index (χ2n) is 8.79. The maximum Gasteiger partial charge on any atom is 0.338 e. The summed E-state index contributed by atoms with van der Waals surface area (Å²) in [7, 11) is 0. The second kappa shape index (κ2) is 8.93. The summed E-state index contributed by atoms with van der Waals surface area (Å²) >= 11 is 0. The van der Waals surface area contributed by atoms with Crippen LogP contribution in [0.1, 0.15) is 23.7 Å². The topological polar surface area (TPSA) is 175 Å². The number of hydrogen-bond donors (Lipinski definition) is 6. The van der Waals surface area contributed by atoms with Crippen LogP contribution in [0, 0.1) is 5.92 Å². The number of rotatable bonds is 5. The van der Waals surface area contributed by atoms with Crippen LogP contribution in [-0.2, 0) is 18.9 Å². The molecule has 0 amide bonds. The molecule has 1 aliphatic carbocycles. The summed E-state index contributed by atoms with van der Waals surface area (Å²) in [5, 5.41) is 61.6. The van der Waals surface area contributed by atoms with Gasteiger partial charge in [-0.25, -0.2) is 4.79 Å². The zero-order valence-electron chi connectivity index (χ0n) is 17.8. The van der Waals surface area contributed by atoms with Crippen LogP contribution in [0.25, 0.3) is 0 Å². The van der Waals surface area contributed by atoms with E-state index in [0.717, 1.165) is 6.26 Å². The molecule has 4 rings (SSSR count). The number of carbonyl (C=O) groups is 1. The molecule has 1 aromatic carbocycles. The predicted molar refractivity (Wildman–Crippen MR) is 108 cm³/mol. The van der Waals surface area contributed by atoms with Gasteiger partial charge in [-0.15, -0.1) is 0 Å². The van der Waals surface area contributed by atoms with Crippen molar-refractivity contribution in [2.75, 3.05) is 6.61 Å². The van der Waals surface area contributed by atoms with E-state index < -0.39 is 72.8 Å². The van der Waals surface area contributed by atoms with Crippen LogP contribution < -0.4 is 0 Å². The number of hydrogen-bond acceptors (Lipinski definition) is 11. The highest BCUT2D eigenvalue weighted by Gasteiger charge is 2.66. The molecule has 2 aliphatic heterocycles. The van der Waals surface area contributed by atoms with Gasteiger partial charge in [-0.2, -0.15) is 0 Å². The van der Waals surface area contributed by atoms with Crippen LogP contribution in [0.4, 0.5) is 0 Å². The van der Waals surface area contributed by atoms with Crippen LogP contribution in [0.5, 0.6) is 0 Å². The van der Waals surface area contributed by atoms with Crippen molar-refractivity contribution in [2.24, 2.45) is 5.92 Å². The molecule has 11 nitrogen and oxygen atoms in total. The van der Waals surface area contributed by atoms with Gasteiger partial charge in [-0.05, 0) is 25.1 Å². The van der Waals surface area contributed by atoms with Crippen molar-refractivity contribution < 1.29 is 54.4 Å². The Morgan fingerprint density at radius 3 is 2.45 bits per heavy atom. The number of esters is 1. The maximum atomic E-state index is 12.8. The average molecular weight is 468 g/mol. The lowest BCUT2D eigenvalue weighted by molar-refractivity contribution is -0.351. The van der Waals surface area contributed by atoms with Crippen molar-refractivity contribution >= 4 is 5.97 Å². The van der Waals surface area contributed by atoms with Gasteiger partial charge in [0.15, 0.2) is 6.29 Å². The van der Waals surface area contributed by atoms with Crippen LogP contribution in [0.3, 0.4) is 0 Å². The Morgan fingerprint density at radius 1 is 1.09 bits per heavy atom. The standard InChI is InChI=1S/C22H28O11/c1-21(33-18(28)11-5-3-2-4-6-11)9-13(24)22(29)7-8-30-20(17(21)22)32-19-16(27)15(26)14(25)12(10-23)31-19/h2-8,12-17,19-20,23-27,29H,9-10H2,1H3. The Labute approximate surface area is 189 Å². The number of ether oxygens (including phenoxy) is 4. The third kappa shape index (κ3) is 4.15. The van der Waals surface area contributed by atoms with E-state index in [1.54, 1.807) is 30.3 Å². The van der Waals surface area contributed by atoms with Gasteiger partial charge in [-0.1, -0.05) is 18.2 Å². The molecule has 33 heavy (non-hydrogen) atoms. The first-order valence-corrected chi connectivity index (χ1v) is 10.6. The number of aliphatic hydroxyl groups is 6. The van der Waals surface area contributed by atoms with E-state index in [2.05, 4.69) is 0 Å². The molecule has 0 radical (unpaired) electrons. The molecule has 0 bridgehead atoms. The molecular formula is C22H28O11.